The van der Waals surface area contributed by atoms with E-state index in [0.717, 1.165) is 37.9 Å². The van der Waals surface area contributed by atoms with E-state index in [1.807, 2.05) is 6.20 Å². The molecular formula is C22H29N5. The third-order valence-corrected chi connectivity index (χ3v) is 5.81. The first-order chi connectivity index (χ1) is 13.2. The van der Waals surface area contributed by atoms with E-state index < -0.39 is 0 Å². The van der Waals surface area contributed by atoms with Gasteiger partial charge in [-0.05, 0) is 67.0 Å². The number of hydrogen-bond acceptors (Lipinski definition) is 4. The molecule has 0 saturated carbocycles. The van der Waals surface area contributed by atoms with E-state index >= 15 is 0 Å². The van der Waals surface area contributed by atoms with Crippen molar-refractivity contribution in [2.75, 3.05) is 24.5 Å². The smallest absolute Gasteiger partial charge is 0.0653 e. The zero-order valence-corrected chi connectivity index (χ0v) is 16.0. The topological polar surface area (TPSA) is 84.0 Å². The summed E-state index contributed by atoms with van der Waals surface area (Å²) < 4.78 is 0. The predicted octanol–water partition coefficient (Wildman–Crippen LogP) is 3.08. The standard InChI is InChI=1S/C22H29N5/c1-15-3-2-4-19(11-15)27-9-7-16(8-10-27)22-17(12-18(24)13-23)5-6-21-20(22)14-25-26-21/h2-6,11,14,16,18H,7-10,12-13,23-24H2,1H3,(H,25,26). The van der Waals surface area contributed by atoms with E-state index in [9.17, 15) is 0 Å². The molecule has 2 aromatic carbocycles. The van der Waals surface area contributed by atoms with Crippen molar-refractivity contribution in [3.05, 3.63) is 59.3 Å². The highest BCUT2D eigenvalue weighted by atomic mass is 15.1. The van der Waals surface area contributed by atoms with Gasteiger partial charge in [0.15, 0.2) is 0 Å². The van der Waals surface area contributed by atoms with Crippen LogP contribution >= 0.6 is 0 Å². The summed E-state index contributed by atoms with van der Waals surface area (Å²) in [6.07, 6.45) is 5.08. The maximum Gasteiger partial charge on any atom is 0.0653 e. The molecule has 1 atom stereocenters. The molecule has 0 radical (unpaired) electrons. The Morgan fingerprint density at radius 3 is 2.78 bits per heavy atom. The number of piperidine rings is 1. The summed E-state index contributed by atoms with van der Waals surface area (Å²) in [5.41, 5.74) is 18.5. The van der Waals surface area contributed by atoms with Gasteiger partial charge in [-0.25, -0.2) is 0 Å². The van der Waals surface area contributed by atoms with Gasteiger partial charge in [0.2, 0.25) is 0 Å². The molecule has 27 heavy (non-hydrogen) atoms. The van der Waals surface area contributed by atoms with Crippen molar-refractivity contribution >= 4 is 16.6 Å². The molecule has 0 aliphatic carbocycles. The van der Waals surface area contributed by atoms with Gasteiger partial charge in [-0.3, -0.25) is 5.10 Å². The molecule has 0 spiro atoms. The summed E-state index contributed by atoms with van der Waals surface area (Å²) in [4.78, 5) is 2.50. The summed E-state index contributed by atoms with van der Waals surface area (Å²) in [5, 5.41) is 8.64. The second kappa shape index (κ2) is 7.71. The van der Waals surface area contributed by atoms with Gasteiger partial charge >= 0.3 is 0 Å². The highest BCUT2D eigenvalue weighted by Gasteiger charge is 2.25. The minimum Gasteiger partial charge on any atom is -0.371 e. The zero-order valence-electron chi connectivity index (χ0n) is 16.0. The Kier molecular flexibility index (Phi) is 5.14. The predicted molar refractivity (Wildman–Crippen MR) is 112 cm³/mol. The molecule has 3 aromatic rings. The quantitative estimate of drug-likeness (QED) is 0.650. The molecule has 1 aliphatic rings. The van der Waals surface area contributed by atoms with E-state index in [-0.39, 0.29) is 6.04 Å². The Balaban J connectivity index is 1.59. The highest BCUT2D eigenvalue weighted by molar-refractivity contribution is 5.83. The van der Waals surface area contributed by atoms with Crippen molar-refractivity contribution in [3.63, 3.8) is 0 Å². The Morgan fingerprint density at radius 2 is 2.04 bits per heavy atom. The van der Waals surface area contributed by atoms with Gasteiger partial charge in [-0.15, -0.1) is 0 Å². The van der Waals surface area contributed by atoms with E-state index in [2.05, 4.69) is 58.4 Å². The number of benzene rings is 2. The number of H-pyrrole nitrogens is 1. The molecule has 1 aliphatic heterocycles. The zero-order chi connectivity index (χ0) is 18.8. The number of nitrogens with one attached hydrogen (secondary N) is 1. The summed E-state index contributed by atoms with van der Waals surface area (Å²) in [5.74, 6) is 0.535. The number of nitrogens with zero attached hydrogens (tertiary/aromatic N) is 2. The lowest BCUT2D eigenvalue weighted by atomic mass is 9.83. The average Bonchev–Trinajstić information content (AvgIpc) is 3.16. The van der Waals surface area contributed by atoms with Crippen LogP contribution in [0.5, 0.6) is 0 Å². The number of hydrogen-bond donors (Lipinski definition) is 3. The van der Waals surface area contributed by atoms with Crippen LogP contribution in [0.25, 0.3) is 10.9 Å². The molecule has 1 aromatic heterocycles. The largest absolute Gasteiger partial charge is 0.371 e. The number of rotatable bonds is 5. The van der Waals surface area contributed by atoms with Crippen LogP contribution < -0.4 is 16.4 Å². The fourth-order valence-electron chi connectivity index (χ4n) is 4.36. The molecule has 5 nitrogen and oxygen atoms in total. The highest BCUT2D eigenvalue weighted by Crippen LogP contribution is 2.36. The van der Waals surface area contributed by atoms with Gasteiger partial charge in [0.25, 0.3) is 0 Å². The lowest BCUT2D eigenvalue weighted by molar-refractivity contribution is 0.503. The van der Waals surface area contributed by atoms with Gasteiger partial charge in [0.1, 0.15) is 0 Å². The monoisotopic (exact) mass is 363 g/mol. The van der Waals surface area contributed by atoms with Crippen molar-refractivity contribution < 1.29 is 0 Å². The molecular weight excluding hydrogens is 334 g/mol. The SMILES string of the molecule is Cc1cccc(N2CCC(c3c(CC(N)CN)ccc4[nH]ncc34)CC2)c1. The summed E-state index contributed by atoms with van der Waals surface area (Å²) >= 11 is 0. The number of nitrogens with two attached hydrogens (primary N) is 2. The van der Waals surface area contributed by atoms with Crippen LogP contribution in [0.2, 0.25) is 0 Å². The molecule has 2 heterocycles. The van der Waals surface area contributed by atoms with E-state index in [1.165, 1.54) is 27.8 Å². The van der Waals surface area contributed by atoms with Crippen LogP contribution in [0, 0.1) is 6.92 Å². The molecule has 0 bridgehead atoms. The van der Waals surface area contributed by atoms with Gasteiger partial charge in [0.05, 0.1) is 11.7 Å². The van der Waals surface area contributed by atoms with Gasteiger partial charge in [0, 0.05) is 36.7 Å². The third-order valence-electron chi connectivity index (χ3n) is 5.81. The molecule has 5 heteroatoms. The number of fused-ring (bicyclic) bond motifs is 1. The third kappa shape index (κ3) is 3.70. The van der Waals surface area contributed by atoms with Crippen LogP contribution in [0.4, 0.5) is 5.69 Å². The van der Waals surface area contributed by atoms with Crippen LogP contribution in [0.1, 0.15) is 35.4 Å². The summed E-state index contributed by atoms with van der Waals surface area (Å²) in [6, 6.07) is 13.1. The second-order valence-electron chi connectivity index (χ2n) is 7.77. The molecule has 4 rings (SSSR count). The Morgan fingerprint density at radius 1 is 1.22 bits per heavy atom. The number of aryl methyl sites for hydroxylation is 1. The molecule has 1 unspecified atom stereocenters. The first-order valence-corrected chi connectivity index (χ1v) is 9.88. The van der Waals surface area contributed by atoms with E-state index in [0.29, 0.717) is 12.5 Å². The number of aromatic nitrogens is 2. The first kappa shape index (κ1) is 18.0. The summed E-state index contributed by atoms with van der Waals surface area (Å²) in [6.45, 7) is 4.81. The number of aromatic amines is 1. The minimum atomic E-state index is 0.000448. The molecule has 1 fully saturated rings. The number of anilines is 1. The van der Waals surface area contributed by atoms with Gasteiger partial charge < -0.3 is 16.4 Å². The van der Waals surface area contributed by atoms with Crippen molar-refractivity contribution in [2.24, 2.45) is 11.5 Å². The molecule has 0 amide bonds. The Hall–Kier alpha value is -2.37. The van der Waals surface area contributed by atoms with Crippen LogP contribution in [-0.2, 0) is 6.42 Å². The van der Waals surface area contributed by atoms with Crippen molar-refractivity contribution in [2.45, 2.75) is 38.1 Å². The maximum absolute atomic E-state index is 6.18. The van der Waals surface area contributed by atoms with Gasteiger partial charge in [-0.2, -0.15) is 5.10 Å². The van der Waals surface area contributed by atoms with Crippen molar-refractivity contribution in [1.29, 1.82) is 0 Å². The Labute approximate surface area is 160 Å². The molecule has 1 saturated heterocycles. The lowest BCUT2D eigenvalue weighted by Gasteiger charge is -2.35. The van der Waals surface area contributed by atoms with E-state index in [4.69, 9.17) is 11.5 Å². The molecule has 142 valence electrons. The maximum atomic E-state index is 6.18. The van der Waals surface area contributed by atoms with Gasteiger partial charge in [-0.1, -0.05) is 18.2 Å². The first-order valence-electron chi connectivity index (χ1n) is 9.88. The van der Waals surface area contributed by atoms with Crippen molar-refractivity contribution in [1.82, 2.24) is 10.2 Å². The normalized spacial score (nSPS) is 16.8. The molecule has 5 N–H and O–H groups in total. The average molecular weight is 364 g/mol. The fraction of sp³-hybridized carbons (Fsp3) is 0.409. The minimum absolute atomic E-state index is 0.000448. The fourth-order valence-corrected chi connectivity index (χ4v) is 4.36. The van der Waals surface area contributed by atoms with Crippen LogP contribution in [0.3, 0.4) is 0 Å². The van der Waals surface area contributed by atoms with Crippen molar-refractivity contribution in [3.8, 4) is 0 Å². The van der Waals surface area contributed by atoms with Crippen LogP contribution in [-0.4, -0.2) is 35.9 Å². The summed E-state index contributed by atoms with van der Waals surface area (Å²) in [7, 11) is 0. The Bertz CT molecular complexity index is 908. The van der Waals surface area contributed by atoms with E-state index in [1.54, 1.807) is 0 Å². The van der Waals surface area contributed by atoms with Crippen LogP contribution in [0.15, 0.2) is 42.6 Å². The lowest BCUT2D eigenvalue weighted by Crippen LogP contribution is -2.34. The second-order valence-corrected chi connectivity index (χ2v) is 7.77.